The van der Waals surface area contributed by atoms with E-state index in [0.29, 0.717) is 21.9 Å². The first kappa shape index (κ1) is 16.0. The molecule has 6 nitrogen and oxygen atoms in total. The number of aromatic nitrogens is 1. The second-order valence-electron chi connectivity index (χ2n) is 6.72. The number of H-pyrrole nitrogens is 1. The summed E-state index contributed by atoms with van der Waals surface area (Å²) in [5.41, 5.74) is 2.35. The summed E-state index contributed by atoms with van der Waals surface area (Å²) in [6, 6.07) is 14.1. The molecule has 0 unspecified atom stereocenters. The molecule has 0 radical (unpaired) electrons. The average molecular weight is 360 g/mol. The molecular formula is C21H16N2O4. The normalized spacial score (nSPS) is 14.3. The van der Waals surface area contributed by atoms with Crippen LogP contribution in [0.15, 0.2) is 48.5 Å². The van der Waals surface area contributed by atoms with Gasteiger partial charge in [-0.25, -0.2) is 0 Å². The van der Waals surface area contributed by atoms with Gasteiger partial charge in [0.2, 0.25) is 0 Å². The number of rotatable bonds is 3. The summed E-state index contributed by atoms with van der Waals surface area (Å²) in [6.45, 7) is -0.978. The van der Waals surface area contributed by atoms with Gasteiger partial charge >= 0.3 is 0 Å². The van der Waals surface area contributed by atoms with E-state index in [2.05, 4.69) is 4.98 Å². The standard InChI is InChI=1S/C21H16N2O4/c24-9-11(10-25)23-20(26)17-12-5-1-2-6-13(12)19-16(18(17)21(23)27)14-7-3-4-8-15(14)22-19/h1-8,11,22,24-25H,9-10H2. The second kappa shape index (κ2) is 5.64. The minimum Gasteiger partial charge on any atom is -0.394 e. The second-order valence-corrected chi connectivity index (χ2v) is 6.72. The zero-order valence-corrected chi connectivity index (χ0v) is 14.3. The van der Waals surface area contributed by atoms with Gasteiger partial charge in [0.15, 0.2) is 0 Å². The molecule has 0 bridgehead atoms. The highest BCUT2D eigenvalue weighted by Gasteiger charge is 2.42. The lowest BCUT2D eigenvalue weighted by Crippen LogP contribution is -2.44. The molecule has 0 atom stereocenters. The summed E-state index contributed by atoms with van der Waals surface area (Å²) in [5.74, 6) is -0.963. The topological polar surface area (TPSA) is 93.6 Å². The van der Waals surface area contributed by atoms with Crippen LogP contribution in [0.5, 0.6) is 0 Å². The van der Waals surface area contributed by atoms with Crippen LogP contribution in [0.4, 0.5) is 0 Å². The lowest BCUT2D eigenvalue weighted by atomic mass is 9.95. The van der Waals surface area contributed by atoms with Crippen molar-refractivity contribution in [2.75, 3.05) is 13.2 Å². The van der Waals surface area contributed by atoms with Crippen molar-refractivity contribution in [3.63, 3.8) is 0 Å². The number of hydrogen-bond acceptors (Lipinski definition) is 4. The maximum absolute atomic E-state index is 13.2. The molecule has 0 fully saturated rings. The number of benzene rings is 3. The Morgan fingerprint density at radius 2 is 1.41 bits per heavy atom. The van der Waals surface area contributed by atoms with E-state index < -0.39 is 31.1 Å². The lowest BCUT2D eigenvalue weighted by Gasteiger charge is -2.22. The van der Waals surface area contributed by atoms with Crippen LogP contribution in [0.3, 0.4) is 0 Å². The number of aromatic amines is 1. The smallest absolute Gasteiger partial charge is 0.262 e. The minimum atomic E-state index is -0.962. The van der Waals surface area contributed by atoms with Crippen molar-refractivity contribution < 1.29 is 19.8 Å². The van der Waals surface area contributed by atoms with Gasteiger partial charge in [-0.1, -0.05) is 42.5 Å². The van der Waals surface area contributed by atoms with Gasteiger partial charge in [-0.05, 0) is 11.5 Å². The van der Waals surface area contributed by atoms with E-state index in [1.54, 1.807) is 0 Å². The van der Waals surface area contributed by atoms with Crippen LogP contribution in [0, 0.1) is 0 Å². The molecule has 1 aliphatic rings. The monoisotopic (exact) mass is 360 g/mol. The summed E-state index contributed by atoms with van der Waals surface area (Å²) in [4.78, 5) is 30.8. The van der Waals surface area contributed by atoms with Crippen molar-refractivity contribution in [1.29, 1.82) is 0 Å². The molecule has 1 aromatic heterocycles. The van der Waals surface area contributed by atoms with E-state index in [9.17, 15) is 19.8 Å². The maximum atomic E-state index is 13.2. The molecule has 0 saturated heterocycles. The first-order valence-corrected chi connectivity index (χ1v) is 8.72. The number of aliphatic hydroxyl groups is 2. The zero-order chi connectivity index (χ0) is 18.7. The molecular weight excluding hydrogens is 344 g/mol. The Labute approximate surface area is 153 Å². The van der Waals surface area contributed by atoms with Gasteiger partial charge in [-0.15, -0.1) is 0 Å². The molecule has 27 heavy (non-hydrogen) atoms. The number of amides is 2. The number of imide groups is 1. The predicted octanol–water partition coefficient (Wildman–Crippen LogP) is 2.42. The largest absolute Gasteiger partial charge is 0.394 e. The highest BCUT2D eigenvalue weighted by molar-refractivity contribution is 6.36. The number of carbonyl (C=O) groups excluding carboxylic acids is 2. The number of aliphatic hydroxyl groups excluding tert-OH is 2. The quantitative estimate of drug-likeness (QED) is 0.489. The highest BCUT2D eigenvalue weighted by atomic mass is 16.3. The molecule has 2 amide bonds. The molecule has 5 rings (SSSR count). The fraction of sp³-hybridized carbons (Fsp3) is 0.143. The average Bonchev–Trinajstić information content (AvgIpc) is 3.20. The van der Waals surface area contributed by atoms with Crippen LogP contribution in [0.1, 0.15) is 20.7 Å². The summed E-state index contributed by atoms with van der Waals surface area (Å²) < 4.78 is 0. The third kappa shape index (κ3) is 1.96. The summed E-state index contributed by atoms with van der Waals surface area (Å²) in [6.07, 6.45) is 0. The van der Waals surface area contributed by atoms with Crippen molar-refractivity contribution in [2.45, 2.75) is 6.04 Å². The summed E-state index contributed by atoms with van der Waals surface area (Å²) in [7, 11) is 0. The molecule has 1 aliphatic heterocycles. The van der Waals surface area contributed by atoms with Gasteiger partial charge < -0.3 is 15.2 Å². The number of carbonyl (C=O) groups is 2. The molecule has 3 aromatic carbocycles. The maximum Gasteiger partial charge on any atom is 0.262 e. The van der Waals surface area contributed by atoms with Crippen LogP contribution in [0.25, 0.3) is 32.6 Å². The van der Waals surface area contributed by atoms with Crippen molar-refractivity contribution in [3.8, 4) is 0 Å². The van der Waals surface area contributed by atoms with E-state index in [4.69, 9.17) is 0 Å². The van der Waals surface area contributed by atoms with Crippen LogP contribution in [-0.4, -0.2) is 51.2 Å². The first-order valence-electron chi connectivity index (χ1n) is 8.72. The first-order chi connectivity index (χ1) is 13.2. The van der Waals surface area contributed by atoms with E-state index in [0.717, 1.165) is 26.7 Å². The molecule has 2 heterocycles. The van der Waals surface area contributed by atoms with Crippen molar-refractivity contribution in [1.82, 2.24) is 9.88 Å². The van der Waals surface area contributed by atoms with E-state index >= 15 is 0 Å². The third-order valence-corrected chi connectivity index (χ3v) is 5.32. The van der Waals surface area contributed by atoms with Crippen LogP contribution in [0.2, 0.25) is 0 Å². The number of nitrogens with one attached hydrogen (secondary N) is 1. The van der Waals surface area contributed by atoms with Crippen LogP contribution in [-0.2, 0) is 0 Å². The van der Waals surface area contributed by atoms with E-state index in [-0.39, 0.29) is 0 Å². The van der Waals surface area contributed by atoms with Gasteiger partial charge in [0.1, 0.15) is 0 Å². The van der Waals surface area contributed by atoms with Crippen molar-refractivity contribution in [2.24, 2.45) is 0 Å². The summed E-state index contributed by atoms with van der Waals surface area (Å²) in [5, 5.41) is 22.2. The number of hydrogen-bond donors (Lipinski definition) is 3. The Balaban J connectivity index is 1.98. The Bertz CT molecular complexity index is 1250. The van der Waals surface area contributed by atoms with E-state index in [1.165, 1.54) is 0 Å². The number of fused-ring (bicyclic) bond motifs is 8. The lowest BCUT2D eigenvalue weighted by molar-refractivity contribution is 0.0420. The number of nitrogens with zero attached hydrogens (tertiary/aromatic N) is 1. The Morgan fingerprint density at radius 1 is 0.815 bits per heavy atom. The van der Waals surface area contributed by atoms with Crippen molar-refractivity contribution in [3.05, 3.63) is 59.7 Å². The molecule has 0 spiro atoms. The molecule has 6 heteroatoms. The van der Waals surface area contributed by atoms with Gasteiger partial charge in [-0.3, -0.25) is 14.5 Å². The Morgan fingerprint density at radius 3 is 2.11 bits per heavy atom. The Kier molecular flexibility index (Phi) is 3.34. The fourth-order valence-corrected chi connectivity index (χ4v) is 4.10. The van der Waals surface area contributed by atoms with Crippen LogP contribution >= 0.6 is 0 Å². The van der Waals surface area contributed by atoms with Gasteiger partial charge in [0, 0.05) is 21.7 Å². The third-order valence-electron chi connectivity index (χ3n) is 5.32. The van der Waals surface area contributed by atoms with Gasteiger partial charge in [0.05, 0.1) is 35.9 Å². The van der Waals surface area contributed by atoms with E-state index in [1.807, 2.05) is 48.5 Å². The zero-order valence-electron chi connectivity index (χ0n) is 14.3. The molecule has 134 valence electrons. The molecule has 4 aromatic rings. The van der Waals surface area contributed by atoms with Crippen LogP contribution < -0.4 is 0 Å². The Hall–Kier alpha value is -3.22. The van der Waals surface area contributed by atoms with Gasteiger partial charge in [0.25, 0.3) is 11.8 Å². The summed E-state index contributed by atoms with van der Waals surface area (Å²) >= 11 is 0. The fourth-order valence-electron chi connectivity index (χ4n) is 4.10. The highest BCUT2D eigenvalue weighted by Crippen LogP contribution is 2.41. The molecule has 3 N–H and O–H groups in total. The molecule has 0 aliphatic carbocycles. The van der Waals surface area contributed by atoms with Crippen molar-refractivity contribution >= 4 is 44.4 Å². The predicted molar refractivity (Wildman–Crippen MR) is 102 cm³/mol. The minimum absolute atomic E-state index is 0.332. The molecule has 0 saturated carbocycles. The SMILES string of the molecule is O=C1c2c(c3c4ccccc4[nH]c3c3ccccc23)C(=O)N1C(CO)CO. The van der Waals surface area contributed by atoms with Gasteiger partial charge in [-0.2, -0.15) is 0 Å². The number of para-hydroxylation sites is 1.